The van der Waals surface area contributed by atoms with E-state index in [4.69, 9.17) is 8.85 Å². The Labute approximate surface area is 202 Å². The second-order valence-electron chi connectivity index (χ2n) is 14.1. The molecule has 0 aliphatic heterocycles. The van der Waals surface area contributed by atoms with Crippen molar-refractivity contribution in [2.24, 2.45) is 0 Å². The van der Waals surface area contributed by atoms with Crippen LogP contribution in [0.25, 0.3) is 0 Å². The molecule has 0 unspecified atom stereocenters. The third-order valence-electron chi connectivity index (χ3n) is 5.78. The van der Waals surface area contributed by atoms with Crippen LogP contribution >= 0.6 is 0 Å². The molecule has 0 saturated heterocycles. The number of Topliss-reactive ketones (excluding diaryl/α,β-unsaturated/α-hetero) is 1. The number of aliphatic hydroxyl groups excluding tert-OH is 3. The van der Waals surface area contributed by atoms with Gasteiger partial charge in [0, 0.05) is 0 Å². The molecule has 0 saturated carbocycles. The average molecular weight is 541 g/mol. The molecule has 0 aromatic rings. The Bertz CT molecular complexity index is 638. The standard InChI is InChI=1S/C21H52O6Si5/c1-28(2,3)20(26-31(10,11)12,18(24)17(23)16-22)19(25)21(29(4,5)6,30(7,8)9)27-32(13,14)15/h17-18,22-24H,16H2,1-15H3/t17-,18-,20-/m1/s1. The lowest BCUT2D eigenvalue weighted by molar-refractivity contribution is -0.153. The predicted octanol–water partition coefficient (Wildman–Crippen LogP) is 4.08. The van der Waals surface area contributed by atoms with Crippen LogP contribution in [0.1, 0.15) is 0 Å². The Balaban J connectivity index is 7.73. The largest absolute Gasteiger partial charge is 0.411 e. The molecule has 0 aromatic carbocycles. The van der Waals surface area contributed by atoms with Crippen LogP contribution in [-0.2, 0) is 13.6 Å². The first kappa shape index (κ1) is 32.6. The third kappa shape index (κ3) is 6.61. The van der Waals surface area contributed by atoms with Gasteiger partial charge < -0.3 is 24.2 Å². The van der Waals surface area contributed by atoms with Crippen molar-refractivity contribution in [2.75, 3.05) is 6.61 Å². The fourth-order valence-corrected chi connectivity index (χ4v) is 26.5. The molecule has 3 atom stereocenters. The molecule has 0 aliphatic rings. The van der Waals surface area contributed by atoms with E-state index in [1.165, 1.54) is 0 Å². The molecule has 6 nitrogen and oxygen atoms in total. The summed E-state index contributed by atoms with van der Waals surface area (Å²) in [6, 6.07) is 0. The lowest BCUT2D eigenvalue weighted by Crippen LogP contribution is -2.84. The number of carbonyl (C=O) groups is 1. The van der Waals surface area contributed by atoms with E-state index >= 15 is 4.79 Å². The van der Waals surface area contributed by atoms with Crippen LogP contribution in [-0.4, -0.2) is 90.8 Å². The van der Waals surface area contributed by atoms with Gasteiger partial charge in [0.1, 0.15) is 17.4 Å². The topological polar surface area (TPSA) is 96.2 Å². The molecule has 0 aliphatic carbocycles. The number of hydrogen-bond donors (Lipinski definition) is 3. The van der Waals surface area contributed by atoms with E-state index in [1.54, 1.807) is 0 Å². The van der Waals surface area contributed by atoms with Crippen molar-refractivity contribution in [3.63, 3.8) is 0 Å². The zero-order valence-corrected chi connectivity index (χ0v) is 28.4. The lowest BCUT2D eigenvalue weighted by Gasteiger charge is -2.60. The summed E-state index contributed by atoms with van der Waals surface area (Å²) in [5, 5.41) is 30.4. The van der Waals surface area contributed by atoms with Crippen molar-refractivity contribution in [2.45, 2.75) is 120 Å². The number of carbonyl (C=O) groups excluding carboxylic acids is 1. The van der Waals surface area contributed by atoms with Crippen LogP contribution in [0.3, 0.4) is 0 Å². The highest BCUT2D eigenvalue weighted by Gasteiger charge is 2.70. The maximum Gasteiger partial charge on any atom is 0.186 e. The summed E-state index contributed by atoms with van der Waals surface area (Å²) in [6.45, 7) is 30.7. The van der Waals surface area contributed by atoms with E-state index in [-0.39, 0.29) is 5.78 Å². The second kappa shape index (κ2) is 9.90. The van der Waals surface area contributed by atoms with Gasteiger partial charge in [-0.25, -0.2) is 0 Å². The molecular formula is C21H52O6Si5. The molecule has 11 heteroatoms. The minimum absolute atomic E-state index is 0.188. The van der Waals surface area contributed by atoms with Crippen molar-refractivity contribution in [1.82, 2.24) is 0 Å². The first-order valence-electron chi connectivity index (χ1n) is 11.6. The smallest absolute Gasteiger partial charge is 0.186 e. The van der Waals surface area contributed by atoms with Gasteiger partial charge in [0.05, 0.1) is 35.7 Å². The van der Waals surface area contributed by atoms with Crippen LogP contribution in [0.4, 0.5) is 0 Å². The summed E-state index contributed by atoms with van der Waals surface area (Å²) < 4.78 is 13.8. The van der Waals surface area contributed by atoms with E-state index in [0.29, 0.717) is 0 Å². The third-order valence-corrected chi connectivity index (χ3v) is 20.5. The van der Waals surface area contributed by atoms with Gasteiger partial charge in [-0.2, -0.15) is 0 Å². The molecule has 0 amide bonds. The van der Waals surface area contributed by atoms with E-state index < -0.39 is 69.7 Å². The van der Waals surface area contributed by atoms with Crippen LogP contribution in [0.2, 0.25) is 98.2 Å². The first-order valence-corrected chi connectivity index (χ1v) is 28.9. The molecule has 192 valence electrons. The van der Waals surface area contributed by atoms with Crippen molar-refractivity contribution >= 4 is 46.6 Å². The highest BCUT2D eigenvalue weighted by molar-refractivity contribution is 7.04. The van der Waals surface area contributed by atoms with Crippen molar-refractivity contribution < 1.29 is 29.0 Å². The minimum atomic E-state index is -2.67. The summed E-state index contributed by atoms with van der Waals surface area (Å²) >= 11 is 0. The molecule has 0 aromatic heterocycles. The van der Waals surface area contributed by atoms with Crippen molar-refractivity contribution in [1.29, 1.82) is 0 Å². The fourth-order valence-electron chi connectivity index (χ4n) is 4.91. The molecule has 0 bridgehead atoms. The summed E-state index contributed by atoms with van der Waals surface area (Å²) in [7, 11) is -12.0. The summed E-state index contributed by atoms with van der Waals surface area (Å²) in [5.41, 5.74) is 0. The van der Waals surface area contributed by atoms with Crippen LogP contribution in [0.5, 0.6) is 0 Å². The van der Waals surface area contributed by atoms with Gasteiger partial charge in [-0.15, -0.1) is 0 Å². The Hall–Kier alpha value is 0.554. The van der Waals surface area contributed by atoms with E-state index in [9.17, 15) is 15.3 Å². The summed E-state index contributed by atoms with van der Waals surface area (Å²) in [4.78, 5) is 14.2. The molecular weight excluding hydrogens is 489 g/mol. The van der Waals surface area contributed by atoms with E-state index in [0.717, 1.165) is 0 Å². The van der Waals surface area contributed by atoms with Gasteiger partial charge in [-0.3, -0.25) is 4.79 Å². The van der Waals surface area contributed by atoms with Gasteiger partial charge in [0.25, 0.3) is 0 Å². The van der Waals surface area contributed by atoms with Crippen LogP contribution in [0, 0.1) is 0 Å². The molecule has 0 heterocycles. The predicted molar refractivity (Wildman–Crippen MR) is 148 cm³/mol. The molecule has 3 N–H and O–H groups in total. The molecule has 0 spiro atoms. The van der Waals surface area contributed by atoms with E-state index in [2.05, 4.69) is 58.9 Å². The zero-order chi connectivity index (χ0) is 26.4. The Morgan fingerprint density at radius 3 is 1.25 bits per heavy atom. The van der Waals surface area contributed by atoms with Crippen molar-refractivity contribution in [3.05, 3.63) is 0 Å². The van der Waals surface area contributed by atoms with Gasteiger partial charge >= 0.3 is 0 Å². The Morgan fingerprint density at radius 2 is 1.03 bits per heavy atom. The molecule has 0 fully saturated rings. The van der Waals surface area contributed by atoms with Crippen molar-refractivity contribution in [3.8, 4) is 0 Å². The van der Waals surface area contributed by atoms with Crippen LogP contribution < -0.4 is 0 Å². The fraction of sp³-hybridized carbons (Fsp3) is 0.952. The molecule has 0 rings (SSSR count). The Kier molecular flexibility index (Phi) is 10.1. The number of aliphatic hydroxyl groups is 3. The lowest BCUT2D eigenvalue weighted by atomic mass is 10.0. The highest BCUT2D eigenvalue weighted by Crippen LogP contribution is 2.46. The van der Waals surface area contributed by atoms with Gasteiger partial charge in [-0.1, -0.05) is 58.9 Å². The van der Waals surface area contributed by atoms with Gasteiger partial charge in [0.2, 0.25) is 0 Å². The normalized spacial score (nSPS) is 18.8. The number of hydrogen-bond acceptors (Lipinski definition) is 6. The number of rotatable bonds is 12. The zero-order valence-electron chi connectivity index (χ0n) is 23.4. The second-order valence-corrected chi connectivity index (χ2v) is 39.1. The van der Waals surface area contributed by atoms with E-state index in [1.807, 2.05) is 39.3 Å². The maximum absolute atomic E-state index is 15.2. The highest BCUT2D eigenvalue weighted by atomic mass is 28.4. The van der Waals surface area contributed by atoms with Crippen LogP contribution in [0.15, 0.2) is 0 Å². The monoisotopic (exact) mass is 540 g/mol. The first-order chi connectivity index (χ1) is 13.7. The molecule has 0 radical (unpaired) electrons. The average Bonchev–Trinajstić information content (AvgIpc) is 2.50. The summed E-state index contributed by atoms with van der Waals surface area (Å²) in [5.74, 6) is -0.188. The molecule has 32 heavy (non-hydrogen) atoms. The maximum atomic E-state index is 15.2. The minimum Gasteiger partial charge on any atom is -0.411 e. The van der Waals surface area contributed by atoms with Gasteiger partial charge in [-0.05, 0) is 39.3 Å². The number of ketones is 1. The SMILES string of the molecule is C[Si](C)(C)OC(C(=O)[C@@](O[Si](C)(C)C)([C@H](O)[C@H](O)CO)[Si](C)(C)C)([Si](C)(C)C)[Si](C)(C)C. The Morgan fingerprint density at radius 1 is 0.688 bits per heavy atom. The quantitative estimate of drug-likeness (QED) is 0.323. The summed E-state index contributed by atoms with van der Waals surface area (Å²) in [6.07, 6.45) is -3.01. The van der Waals surface area contributed by atoms with Gasteiger partial charge in [0.15, 0.2) is 22.4 Å².